The van der Waals surface area contributed by atoms with Gasteiger partial charge in [-0.15, -0.1) is 0 Å². The fourth-order valence-electron chi connectivity index (χ4n) is 3.03. The van der Waals surface area contributed by atoms with Gasteiger partial charge in [-0.25, -0.2) is 0 Å². The van der Waals surface area contributed by atoms with E-state index in [9.17, 15) is 4.79 Å². The molecule has 1 rings (SSSR count). The van der Waals surface area contributed by atoms with Crippen LogP contribution in [0.3, 0.4) is 0 Å². The second kappa shape index (κ2) is 6.87. The Bertz CT molecular complexity index is 333. The van der Waals surface area contributed by atoms with Gasteiger partial charge in [0, 0.05) is 19.6 Å². The molecule has 2 atom stereocenters. The van der Waals surface area contributed by atoms with Gasteiger partial charge in [-0.3, -0.25) is 9.69 Å². The minimum absolute atomic E-state index is 0.173. The second-order valence-corrected chi connectivity index (χ2v) is 6.44. The third-order valence-corrected chi connectivity index (χ3v) is 3.47. The summed E-state index contributed by atoms with van der Waals surface area (Å²) in [7, 11) is 0. The quantitative estimate of drug-likeness (QED) is 0.748. The molecule has 1 heterocycles. The molecule has 5 heteroatoms. The van der Waals surface area contributed by atoms with Crippen molar-refractivity contribution in [1.29, 1.82) is 0 Å². The number of nitrogens with zero attached hydrogens (tertiary/aromatic N) is 1. The van der Waals surface area contributed by atoms with Gasteiger partial charge in [-0.2, -0.15) is 0 Å². The van der Waals surface area contributed by atoms with E-state index in [1.165, 1.54) is 0 Å². The van der Waals surface area contributed by atoms with Crippen LogP contribution in [0.2, 0.25) is 0 Å². The number of ether oxygens (including phenoxy) is 2. The first-order valence-electron chi connectivity index (χ1n) is 7.55. The summed E-state index contributed by atoms with van der Waals surface area (Å²) in [5.74, 6) is -0.182. The lowest BCUT2D eigenvalue weighted by Crippen LogP contribution is -2.62. The van der Waals surface area contributed by atoms with Crippen molar-refractivity contribution in [1.82, 2.24) is 10.2 Å². The molecule has 0 radical (unpaired) electrons. The zero-order valence-electron chi connectivity index (χ0n) is 13.8. The predicted octanol–water partition coefficient (Wildman–Crippen LogP) is 1.42. The number of nitrogens with one attached hydrogen (secondary N) is 1. The SMILES string of the molecule is CCNC(C)(CN1CC(C)OC(C)(C)C1)C(=O)OCC. The maximum atomic E-state index is 12.2. The van der Waals surface area contributed by atoms with E-state index in [-0.39, 0.29) is 17.7 Å². The van der Waals surface area contributed by atoms with Crippen LogP contribution in [0.15, 0.2) is 0 Å². The molecular formula is C15H30N2O3. The number of carbonyl (C=O) groups excluding carboxylic acids is 1. The van der Waals surface area contributed by atoms with Crippen LogP contribution in [0.5, 0.6) is 0 Å². The van der Waals surface area contributed by atoms with Crippen molar-refractivity contribution in [2.45, 2.75) is 58.8 Å². The van der Waals surface area contributed by atoms with Crippen LogP contribution in [-0.4, -0.2) is 60.9 Å². The Morgan fingerprint density at radius 1 is 1.50 bits per heavy atom. The molecular weight excluding hydrogens is 256 g/mol. The van der Waals surface area contributed by atoms with E-state index in [0.29, 0.717) is 13.2 Å². The van der Waals surface area contributed by atoms with Crippen molar-refractivity contribution < 1.29 is 14.3 Å². The van der Waals surface area contributed by atoms with Crippen molar-refractivity contribution in [3.63, 3.8) is 0 Å². The van der Waals surface area contributed by atoms with Crippen molar-refractivity contribution in [3.05, 3.63) is 0 Å². The molecule has 5 nitrogen and oxygen atoms in total. The zero-order valence-corrected chi connectivity index (χ0v) is 13.8. The van der Waals surface area contributed by atoms with Crippen molar-refractivity contribution in [2.24, 2.45) is 0 Å². The minimum Gasteiger partial charge on any atom is -0.465 e. The summed E-state index contributed by atoms with van der Waals surface area (Å²) in [4.78, 5) is 14.5. The Morgan fingerprint density at radius 2 is 2.15 bits per heavy atom. The monoisotopic (exact) mass is 286 g/mol. The smallest absolute Gasteiger partial charge is 0.327 e. The molecule has 1 aliphatic rings. The average molecular weight is 286 g/mol. The minimum atomic E-state index is -0.669. The normalized spacial score (nSPS) is 26.0. The summed E-state index contributed by atoms with van der Waals surface area (Å²) >= 11 is 0. The van der Waals surface area contributed by atoms with E-state index in [1.54, 1.807) is 0 Å². The molecule has 0 aromatic heterocycles. The van der Waals surface area contributed by atoms with E-state index in [1.807, 2.05) is 20.8 Å². The number of carbonyl (C=O) groups is 1. The van der Waals surface area contributed by atoms with Crippen LogP contribution in [0.4, 0.5) is 0 Å². The van der Waals surface area contributed by atoms with Gasteiger partial charge in [-0.05, 0) is 41.2 Å². The van der Waals surface area contributed by atoms with E-state index in [4.69, 9.17) is 9.47 Å². The van der Waals surface area contributed by atoms with Gasteiger partial charge in [0.25, 0.3) is 0 Å². The topological polar surface area (TPSA) is 50.8 Å². The third kappa shape index (κ3) is 4.72. The maximum absolute atomic E-state index is 12.2. The molecule has 2 unspecified atom stereocenters. The molecule has 0 bridgehead atoms. The van der Waals surface area contributed by atoms with Crippen LogP contribution in [-0.2, 0) is 14.3 Å². The van der Waals surface area contributed by atoms with E-state index in [0.717, 1.165) is 19.6 Å². The molecule has 118 valence electrons. The van der Waals surface area contributed by atoms with Crippen LogP contribution in [0.1, 0.15) is 41.5 Å². The Kier molecular flexibility index (Phi) is 5.98. The first kappa shape index (κ1) is 17.4. The summed E-state index contributed by atoms with van der Waals surface area (Å²) in [6.07, 6.45) is 0.173. The summed E-state index contributed by atoms with van der Waals surface area (Å²) in [5, 5.41) is 3.28. The van der Waals surface area contributed by atoms with Gasteiger partial charge in [0.1, 0.15) is 5.54 Å². The highest BCUT2D eigenvalue weighted by Crippen LogP contribution is 2.22. The molecule has 0 amide bonds. The first-order chi connectivity index (χ1) is 9.22. The largest absolute Gasteiger partial charge is 0.465 e. The van der Waals surface area contributed by atoms with E-state index < -0.39 is 5.54 Å². The molecule has 20 heavy (non-hydrogen) atoms. The number of esters is 1. The number of likely N-dealkylation sites (N-methyl/N-ethyl adjacent to an activating group) is 1. The molecule has 0 saturated carbocycles. The summed E-state index contributed by atoms with van der Waals surface area (Å²) < 4.78 is 11.1. The summed E-state index contributed by atoms with van der Waals surface area (Å²) in [6.45, 7) is 15.4. The molecule has 0 aromatic rings. The first-order valence-corrected chi connectivity index (χ1v) is 7.55. The molecule has 1 aliphatic heterocycles. The zero-order chi connectivity index (χ0) is 15.4. The van der Waals surface area contributed by atoms with Crippen LogP contribution < -0.4 is 5.32 Å². The number of hydrogen-bond acceptors (Lipinski definition) is 5. The highest BCUT2D eigenvalue weighted by atomic mass is 16.5. The Morgan fingerprint density at radius 3 is 2.65 bits per heavy atom. The molecule has 1 fully saturated rings. The van der Waals surface area contributed by atoms with Crippen molar-refractivity contribution in [2.75, 3.05) is 32.8 Å². The molecule has 0 aromatic carbocycles. The average Bonchev–Trinajstić information content (AvgIpc) is 2.26. The molecule has 0 aliphatic carbocycles. The Hall–Kier alpha value is -0.650. The van der Waals surface area contributed by atoms with Gasteiger partial charge >= 0.3 is 5.97 Å². The lowest BCUT2D eigenvalue weighted by molar-refractivity contribution is -0.157. The number of rotatable bonds is 6. The highest BCUT2D eigenvalue weighted by molar-refractivity contribution is 5.80. The van der Waals surface area contributed by atoms with E-state index >= 15 is 0 Å². The van der Waals surface area contributed by atoms with Gasteiger partial charge in [-0.1, -0.05) is 6.92 Å². The summed E-state index contributed by atoms with van der Waals surface area (Å²) in [5.41, 5.74) is -0.850. The second-order valence-electron chi connectivity index (χ2n) is 6.44. The molecule has 0 spiro atoms. The Balaban J connectivity index is 2.76. The molecule has 1 saturated heterocycles. The predicted molar refractivity (Wildman–Crippen MR) is 79.8 cm³/mol. The standard InChI is InChI=1S/C15H30N2O3/c1-7-16-15(6,13(18)19-8-2)11-17-9-12(3)20-14(4,5)10-17/h12,16H,7-11H2,1-6H3. The van der Waals surface area contributed by atoms with Gasteiger partial charge in [0.2, 0.25) is 0 Å². The van der Waals surface area contributed by atoms with Crippen LogP contribution in [0, 0.1) is 0 Å². The maximum Gasteiger partial charge on any atom is 0.327 e. The van der Waals surface area contributed by atoms with Crippen LogP contribution >= 0.6 is 0 Å². The molecule has 1 N–H and O–H groups in total. The fraction of sp³-hybridized carbons (Fsp3) is 0.933. The van der Waals surface area contributed by atoms with Crippen molar-refractivity contribution >= 4 is 5.97 Å². The van der Waals surface area contributed by atoms with Crippen molar-refractivity contribution in [3.8, 4) is 0 Å². The van der Waals surface area contributed by atoms with Crippen LogP contribution in [0.25, 0.3) is 0 Å². The van der Waals surface area contributed by atoms with Gasteiger partial charge in [0.15, 0.2) is 0 Å². The highest BCUT2D eigenvalue weighted by Gasteiger charge is 2.39. The fourth-order valence-corrected chi connectivity index (χ4v) is 3.03. The van der Waals surface area contributed by atoms with E-state index in [2.05, 4.69) is 31.0 Å². The lowest BCUT2D eigenvalue weighted by Gasteiger charge is -2.44. The van der Waals surface area contributed by atoms with Gasteiger partial charge < -0.3 is 14.8 Å². The number of hydrogen-bond donors (Lipinski definition) is 1. The van der Waals surface area contributed by atoms with Gasteiger partial charge in [0.05, 0.1) is 18.3 Å². The lowest BCUT2D eigenvalue weighted by atomic mass is 9.98. The number of morpholine rings is 1. The Labute approximate surface area is 123 Å². The summed E-state index contributed by atoms with van der Waals surface area (Å²) in [6, 6.07) is 0. The third-order valence-electron chi connectivity index (χ3n) is 3.47.